The number of amides is 1. The molecule has 8 nitrogen and oxygen atoms in total. The molecule has 0 aliphatic carbocycles. The van der Waals surface area contributed by atoms with Gasteiger partial charge in [0.15, 0.2) is 0 Å². The van der Waals surface area contributed by atoms with Crippen molar-refractivity contribution in [3.63, 3.8) is 0 Å². The first kappa shape index (κ1) is 24.4. The van der Waals surface area contributed by atoms with Crippen LogP contribution in [0.25, 0.3) is 11.3 Å². The number of halogens is 1. The zero-order chi connectivity index (χ0) is 26.3. The van der Waals surface area contributed by atoms with Gasteiger partial charge in [0.05, 0.1) is 17.9 Å². The number of ether oxygens (including phenoxy) is 1. The van der Waals surface area contributed by atoms with Crippen LogP contribution in [0.1, 0.15) is 16.1 Å². The first-order valence-electron chi connectivity index (χ1n) is 11.8. The summed E-state index contributed by atoms with van der Waals surface area (Å²) in [5.41, 5.74) is 9.38. The Hall–Kier alpha value is -5.31. The van der Waals surface area contributed by atoms with Gasteiger partial charge in [-0.05, 0) is 54.6 Å². The number of hydrogen-bond acceptors (Lipinski definition) is 7. The Kier molecular flexibility index (Phi) is 7.17. The molecule has 4 N–H and O–H groups in total. The van der Waals surface area contributed by atoms with E-state index < -0.39 is 5.82 Å². The van der Waals surface area contributed by atoms with Crippen molar-refractivity contribution in [2.45, 2.75) is 6.54 Å². The number of carbonyl (C=O) groups is 1. The van der Waals surface area contributed by atoms with Gasteiger partial charge in [0, 0.05) is 35.1 Å². The van der Waals surface area contributed by atoms with Crippen LogP contribution in [0.15, 0.2) is 103 Å². The van der Waals surface area contributed by atoms with E-state index in [1.807, 2.05) is 60.7 Å². The number of aromatic nitrogens is 3. The van der Waals surface area contributed by atoms with E-state index in [1.165, 1.54) is 24.3 Å². The van der Waals surface area contributed by atoms with Gasteiger partial charge in [-0.1, -0.05) is 30.3 Å². The maximum absolute atomic E-state index is 13.1. The molecule has 3 aromatic carbocycles. The third-order valence-electron chi connectivity index (χ3n) is 5.50. The van der Waals surface area contributed by atoms with Crippen LogP contribution in [-0.4, -0.2) is 20.9 Å². The van der Waals surface area contributed by atoms with Gasteiger partial charge in [0.2, 0.25) is 5.95 Å². The van der Waals surface area contributed by atoms with Crippen LogP contribution in [0.2, 0.25) is 0 Å². The summed E-state index contributed by atoms with van der Waals surface area (Å²) in [6.45, 7) is 0.198. The molecule has 0 saturated carbocycles. The molecule has 0 atom stereocenters. The lowest BCUT2D eigenvalue weighted by molar-refractivity contribution is 0.0950. The summed E-state index contributed by atoms with van der Waals surface area (Å²) in [6, 6.07) is 27.8. The van der Waals surface area contributed by atoms with Crippen LogP contribution in [-0.2, 0) is 6.54 Å². The Morgan fingerprint density at radius 1 is 0.868 bits per heavy atom. The first-order chi connectivity index (χ1) is 18.5. The second-order valence-corrected chi connectivity index (χ2v) is 8.29. The van der Waals surface area contributed by atoms with E-state index in [4.69, 9.17) is 10.5 Å². The second-order valence-electron chi connectivity index (χ2n) is 8.29. The molecule has 0 fully saturated rings. The highest BCUT2D eigenvalue weighted by Gasteiger charge is 2.08. The van der Waals surface area contributed by atoms with Crippen molar-refractivity contribution in [1.82, 2.24) is 20.3 Å². The zero-order valence-corrected chi connectivity index (χ0v) is 20.1. The highest BCUT2D eigenvalue weighted by Crippen LogP contribution is 2.26. The molecule has 5 rings (SSSR count). The van der Waals surface area contributed by atoms with E-state index >= 15 is 0 Å². The first-order valence-corrected chi connectivity index (χ1v) is 11.8. The quantitative estimate of drug-likeness (QED) is 0.246. The van der Waals surface area contributed by atoms with E-state index in [0.29, 0.717) is 28.6 Å². The smallest absolute Gasteiger partial charge is 0.251 e. The van der Waals surface area contributed by atoms with Crippen LogP contribution in [0.5, 0.6) is 11.5 Å². The van der Waals surface area contributed by atoms with Gasteiger partial charge in [-0.25, -0.2) is 9.37 Å². The Morgan fingerprint density at radius 2 is 1.63 bits per heavy atom. The molecule has 0 bridgehead atoms. The minimum Gasteiger partial charge on any atom is -0.457 e. The molecular weight excluding hydrogens is 483 g/mol. The Morgan fingerprint density at radius 3 is 2.39 bits per heavy atom. The second kappa shape index (κ2) is 11.2. The zero-order valence-electron chi connectivity index (χ0n) is 20.1. The number of rotatable bonds is 8. The molecule has 2 heterocycles. The number of pyridine rings is 1. The Labute approximate surface area is 218 Å². The van der Waals surface area contributed by atoms with Crippen LogP contribution in [0, 0.1) is 5.82 Å². The number of benzene rings is 3. The number of anilines is 3. The summed E-state index contributed by atoms with van der Waals surface area (Å²) in [6.07, 6.45) is 1.61. The number of nitrogen functional groups attached to an aromatic ring is 1. The van der Waals surface area contributed by atoms with Crippen molar-refractivity contribution < 1.29 is 13.9 Å². The van der Waals surface area contributed by atoms with Crippen molar-refractivity contribution >= 4 is 23.4 Å². The molecule has 2 aromatic heterocycles. The molecular formula is C29H23FN6O2. The minimum absolute atomic E-state index is 0.177. The predicted octanol–water partition coefficient (Wildman–Crippen LogP) is 5.73. The summed E-state index contributed by atoms with van der Waals surface area (Å²) >= 11 is 0. The largest absolute Gasteiger partial charge is 0.457 e. The number of nitrogens with zero attached hydrogens (tertiary/aromatic N) is 3. The predicted molar refractivity (Wildman–Crippen MR) is 143 cm³/mol. The number of carbonyl (C=O) groups excluding carboxylic acids is 1. The van der Waals surface area contributed by atoms with E-state index in [-0.39, 0.29) is 18.4 Å². The lowest BCUT2D eigenvalue weighted by atomic mass is 10.1. The minimum atomic E-state index is -0.396. The van der Waals surface area contributed by atoms with E-state index in [0.717, 1.165) is 16.9 Å². The lowest BCUT2D eigenvalue weighted by Gasteiger charge is -2.11. The molecule has 1 amide bonds. The van der Waals surface area contributed by atoms with Gasteiger partial charge in [-0.2, -0.15) is 4.98 Å². The maximum atomic E-state index is 13.1. The molecule has 0 saturated heterocycles. The van der Waals surface area contributed by atoms with Gasteiger partial charge < -0.3 is 21.1 Å². The Bertz CT molecular complexity index is 1540. The summed E-state index contributed by atoms with van der Waals surface area (Å²) < 4.78 is 19.0. The van der Waals surface area contributed by atoms with E-state index in [1.54, 1.807) is 18.3 Å². The summed E-state index contributed by atoms with van der Waals surface area (Å²) in [5, 5.41) is 6.01. The van der Waals surface area contributed by atoms with Crippen molar-refractivity contribution in [3.8, 4) is 22.8 Å². The van der Waals surface area contributed by atoms with E-state index in [9.17, 15) is 9.18 Å². The van der Waals surface area contributed by atoms with Crippen LogP contribution < -0.4 is 21.1 Å². The standard InChI is InChI=1S/C29H23FN6O2/c30-21-8-6-20(7-9-21)28(37)33-18-23-16-25(14-15-32-23)38-24-12-10-22(11-13-24)34-27-17-26(35-29(31)36-27)19-4-2-1-3-5-19/h1-17H,18H2,(H,33,37)(H3,31,34,35,36). The molecule has 0 unspecified atom stereocenters. The number of nitrogens with one attached hydrogen (secondary N) is 2. The average Bonchev–Trinajstić information content (AvgIpc) is 2.94. The average molecular weight is 507 g/mol. The van der Waals surface area contributed by atoms with E-state index in [2.05, 4.69) is 25.6 Å². The third kappa shape index (κ3) is 6.27. The van der Waals surface area contributed by atoms with Gasteiger partial charge in [-0.3, -0.25) is 9.78 Å². The highest BCUT2D eigenvalue weighted by molar-refractivity contribution is 5.94. The van der Waals surface area contributed by atoms with Gasteiger partial charge in [0.1, 0.15) is 23.1 Å². The van der Waals surface area contributed by atoms with Crippen molar-refractivity contribution in [2.24, 2.45) is 0 Å². The van der Waals surface area contributed by atoms with Crippen LogP contribution in [0.4, 0.5) is 21.8 Å². The lowest BCUT2D eigenvalue weighted by Crippen LogP contribution is -2.23. The molecule has 5 aromatic rings. The molecule has 188 valence electrons. The maximum Gasteiger partial charge on any atom is 0.251 e. The fourth-order valence-electron chi connectivity index (χ4n) is 3.67. The number of hydrogen-bond donors (Lipinski definition) is 3. The summed E-state index contributed by atoms with van der Waals surface area (Å²) in [4.78, 5) is 25.1. The van der Waals surface area contributed by atoms with Crippen molar-refractivity contribution in [2.75, 3.05) is 11.1 Å². The molecule has 0 radical (unpaired) electrons. The van der Waals surface area contributed by atoms with Crippen LogP contribution >= 0.6 is 0 Å². The third-order valence-corrected chi connectivity index (χ3v) is 5.50. The fourth-order valence-corrected chi connectivity index (χ4v) is 3.67. The summed E-state index contributed by atoms with van der Waals surface area (Å²) in [7, 11) is 0. The van der Waals surface area contributed by atoms with Gasteiger partial charge >= 0.3 is 0 Å². The molecule has 38 heavy (non-hydrogen) atoms. The van der Waals surface area contributed by atoms with Gasteiger partial charge in [0.25, 0.3) is 5.91 Å². The number of nitrogens with two attached hydrogens (primary N) is 1. The molecule has 0 aliphatic rings. The monoisotopic (exact) mass is 506 g/mol. The highest BCUT2D eigenvalue weighted by atomic mass is 19.1. The topological polar surface area (TPSA) is 115 Å². The van der Waals surface area contributed by atoms with Crippen molar-refractivity contribution in [1.29, 1.82) is 0 Å². The molecule has 0 spiro atoms. The SMILES string of the molecule is Nc1nc(Nc2ccc(Oc3ccnc(CNC(=O)c4ccc(F)cc4)c3)cc2)cc(-c2ccccc2)n1. The normalized spacial score (nSPS) is 10.6. The molecule has 9 heteroatoms. The van der Waals surface area contributed by atoms with Gasteiger partial charge in [-0.15, -0.1) is 0 Å². The fraction of sp³-hybridized carbons (Fsp3) is 0.0345. The van der Waals surface area contributed by atoms with Crippen molar-refractivity contribution in [3.05, 3.63) is 120 Å². The summed E-state index contributed by atoms with van der Waals surface area (Å²) in [5.74, 6) is 1.23. The van der Waals surface area contributed by atoms with Crippen LogP contribution in [0.3, 0.4) is 0 Å². The Balaban J connectivity index is 1.20. The molecule has 0 aliphatic heterocycles.